The Kier molecular flexibility index (Phi) is 3.79. The number of hydrogen-bond acceptors (Lipinski definition) is 2. The molecule has 2 unspecified atom stereocenters. The first-order valence-corrected chi connectivity index (χ1v) is 6.17. The second-order valence-electron chi connectivity index (χ2n) is 4.88. The van der Waals surface area contributed by atoms with Crippen LogP contribution in [-0.4, -0.2) is 23.7 Å². The number of aryl methyl sites for hydroxylation is 1. The summed E-state index contributed by atoms with van der Waals surface area (Å²) in [6, 6.07) is 8.71. The van der Waals surface area contributed by atoms with Crippen molar-refractivity contribution in [3.05, 3.63) is 35.4 Å². The minimum Gasteiger partial charge on any atom is -0.481 e. The molecule has 1 aliphatic heterocycles. The highest BCUT2D eigenvalue weighted by molar-refractivity contribution is 5.67. The van der Waals surface area contributed by atoms with Crippen molar-refractivity contribution < 1.29 is 9.90 Å². The Balaban J connectivity index is 2.01. The van der Waals surface area contributed by atoms with Gasteiger partial charge in [-0.15, -0.1) is 0 Å². The van der Waals surface area contributed by atoms with E-state index in [9.17, 15) is 4.79 Å². The molecule has 1 aromatic carbocycles. The van der Waals surface area contributed by atoms with E-state index in [2.05, 4.69) is 36.5 Å². The minimum atomic E-state index is -0.716. The van der Waals surface area contributed by atoms with Gasteiger partial charge in [-0.05, 0) is 37.8 Å². The third-order valence-electron chi connectivity index (χ3n) is 3.46. The molecule has 0 radical (unpaired) electrons. The zero-order valence-electron chi connectivity index (χ0n) is 10.1. The molecular weight excluding hydrogens is 214 g/mol. The van der Waals surface area contributed by atoms with E-state index in [1.165, 1.54) is 11.1 Å². The first-order valence-electron chi connectivity index (χ1n) is 6.17. The Labute approximate surface area is 102 Å². The standard InChI is InChI=1S/C14H19NO2/c1-10-2-4-11(5-3-10)12-6-7-15-13(8-12)9-14(16)17/h2-5,12-13,15H,6-9H2,1H3,(H,16,17). The van der Waals surface area contributed by atoms with Gasteiger partial charge in [0.05, 0.1) is 6.42 Å². The highest BCUT2D eigenvalue weighted by atomic mass is 16.4. The van der Waals surface area contributed by atoms with E-state index in [1.54, 1.807) is 0 Å². The molecular formula is C14H19NO2. The number of benzene rings is 1. The van der Waals surface area contributed by atoms with Gasteiger partial charge in [0, 0.05) is 6.04 Å². The molecule has 92 valence electrons. The van der Waals surface area contributed by atoms with Crippen molar-refractivity contribution in [2.24, 2.45) is 0 Å². The molecule has 2 atom stereocenters. The van der Waals surface area contributed by atoms with Gasteiger partial charge in [0.2, 0.25) is 0 Å². The Hall–Kier alpha value is -1.35. The predicted molar refractivity (Wildman–Crippen MR) is 67.2 cm³/mol. The average molecular weight is 233 g/mol. The van der Waals surface area contributed by atoms with Crippen LogP contribution in [0.4, 0.5) is 0 Å². The second-order valence-corrected chi connectivity index (χ2v) is 4.88. The lowest BCUT2D eigenvalue weighted by Crippen LogP contribution is -2.38. The first kappa shape index (κ1) is 12.1. The molecule has 0 saturated carbocycles. The van der Waals surface area contributed by atoms with Gasteiger partial charge in [-0.2, -0.15) is 0 Å². The van der Waals surface area contributed by atoms with E-state index in [0.29, 0.717) is 5.92 Å². The topological polar surface area (TPSA) is 49.3 Å². The van der Waals surface area contributed by atoms with Gasteiger partial charge in [0.1, 0.15) is 0 Å². The van der Waals surface area contributed by atoms with Crippen LogP contribution in [0.5, 0.6) is 0 Å². The van der Waals surface area contributed by atoms with Gasteiger partial charge >= 0.3 is 5.97 Å². The second kappa shape index (κ2) is 5.32. The van der Waals surface area contributed by atoms with Gasteiger partial charge in [0.25, 0.3) is 0 Å². The smallest absolute Gasteiger partial charge is 0.304 e. The van der Waals surface area contributed by atoms with Crippen molar-refractivity contribution in [1.82, 2.24) is 5.32 Å². The molecule has 3 heteroatoms. The SMILES string of the molecule is Cc1ccc(C2CCNC(CC(=O)O)C2)cc1. The molecule has 0 spiro atoms. The molecule has 1 aromatic rings. The Morgan fingerprint density at radius 3 is 2.76 bits per heavy atom. The summed E-state index contributed by atoms with van der Waals surface area (Å²) in [6.45, 7) is 3.00. The Morgan fingerprint density at radius 1 is 1.41 bits per heavy atom. The monoisotopic (exact) mass is 233 g/mol. The summed E-state index contributed by atoms with van der Waals surface area (Å²) < 4.78 is 0. The molecule has 1 heterocycles. The third-order valence-corrected chi connectivity index (χ3v) is 3.46. The summed E-state index contributed by atoms with van der Waals surface area (Å²) in [5.41, 5.74) is 2.61. The van der Waals surface area contributed by atoms with Crippen molar-refractivity contribution in [2.45, 2.75) is 38.1 Å². The van der Waals surface area contributed by atoms with Gasteiger partial charge < -0.3 is 10.4 Å². The van der Waals surface area contributed by atoms with Crippen LogP contribution in [0.3, 0.4) is 0 Å². The van der Waals surface area contributed by atoms with Gasteiger partial charge in [-0.1, -0.05) is 29.8 Å². The van der Waals surface area contributed by atoms with Crippen molar-refractivity contribution >= 4 is 5.97 Å². The minimum absolute atomic E-state index is 0.118. The quantitative estimate of drug-likeness (QED) is 0.842. The van der Waals surface area contributed by atoms with Crippen molar-refractivity contribution in [3.63, 3.8) is 0 Å². The van der Waals surface area contributed by atoms with E-state index < -0.39 is 5.97 Å². The molecule has 17 heavy (non-hydrogen) atoms. The highest BCUT2D eigenvalue weighted by Crippen LogP contribution is 2.28. The number of rotatable bonds is 3. The molecule has 0 bridgehead atoms. The average Bonchev–Trinajstić information content (AvgIpc) is 2.29. The van der Waals surface area contributed by atoms with E-state index in [1.807, 2.05) is 0 Å². The molecule has 2 rings (SSSR count). The summed E-state index contributed by atoms with van der Waals surface area (Å²) in [6.07, 6.45) is 2.25. The van der Waals surface area contributed by atoms with Crippen LogP contribution in [0, 0.1) is 6.92 Å². The van der Waals surface area contributed by atoms with Gasteiger partial charge in [0.15, 0.2) is 0 Å². The number of aliphatic carboxylic acids is 1. The summed E-state index contributed by atoms with van der Waals surface area (Å²) in [7, 11) is 0. The van der Waals surface area contributed by atoms with Gasteiger partial charge in [-0.3, -0.25) is 4.79 Å². The van der Waals surface area contributed by atoms with Crippen molar-refractivity contribution in [2.75, 3.05) is 6.54 Å². The maximum atomic E-state index is 10.7. The van der Waals surface area contributed by atoms with Crippen LogP contribution in [0.25, 0.3) is 0 Å². The van der Waals surface area contributed by atoms with Crippen LogP contribution in [0.15, 0.2) is 24.3 Å². The zero-order valence-corrected chi connectivity index (χ0v) is 10.1. The van der Waals surface area contributed by atoms with Crippen molar-refractivity contribution in [3.8, 4) is 0 Å². The first-order chi connectivity index (χ1) is 8.15. The molecule has 1 saturated heterocycles. The summed E-state index contributed by atoms with van der Waals surface area (Å²) in [5.74, 6) is -0.215. The lowest BCUT2D eigenvalue weighted by atomic mass is 9.85. The normalized spacial score (nSPS) is 24.5. The molecule has 2 N–H and O–H groups in total. The fourth-order valence-corrected chi connectivity index (χ4v) is 2.51. The lowest BCUT2D eigenvalue weighted by Gasteiger charge is -2.29. The third kappa shape index (κ3) is 3.30. The van der Waals surface area contributed by atoms with E-state index >= 15 is 0 Å². The Bertz CT molecular complexity index is 386. The molecule has 0 aromatic heterocycles. The lowest BCUT2D eigenvalue weighted by molar-refractivity contribution is -0.137. The molecule has 3 nitrogen and oxygen atoms in total. The number of hydrogen-bond donors (Lipinski definition) is 2. The molecule has 1 aliphatic rings. The molecule has 0 aliphatic carbocycles. The zero-order chi connectivity index (χ0) is 12.3. The van der Waals surface area contributed by atoms with E-state index in [-0.39, 0.29) is 12.5 Å². The van der Waals surface area contributed by atoms with Crippen LogP contribution >= 0.6 is 0 Å². The van der Waals surface area contributed by atoms with E-state index in [0.717, 1.165) is 19.4 Å². The van der Waals surface area contributed by atoms with Crippen LogP contribution in [0.1, 0.15) is 36.3 Å². The maximum Gasteiger partial charge on any atom is 0.304 e. The number of piperidine rings is 1. The summed E-state index contributed by atoms with van der Waals surface area (Å²) in [5, 5.41) is 12.1. The number of nitrogens with one attached hydrogen (secondary N) is 1. The number of carbonyl (C=O) groups is 1. The van der Waals surface area contributed by atoms with Crippen LogP contribution < -0.4 is 5.32 Å². The fraction of sp³-hybridized carbons (Fsp3) is 0.500. The van der Waals surface area contributed by atoms with Crippen LogP contribution in [0.2, 0.25) is 0 Å². The van der Waals surface area contributed by atoms with E-state index in [4.69, 9.17) is 5.11 Å². The van der Waals surface area contributed by atoms with Crippen molar-refractivity contribution in [1.29, 1.82) is 0 Å². The largest absolute Gasteiger partial charge is 0.481 e. The Morgan fingerprint density at radius 2 is 2.12 bits per heavy atom. The summed E-state index contributed by atoms with van der Waals surface area (Å²) >= 11 is 0. The number of carboxylic acid groups (broad SMARTS) is 1. The number of carboxylic acids is 1. The molecule has 0 amide bonds. The predicted octanol–water partition coefficient (Wildman–Crippen LogP) is 2.31. The van der Waals surface area contributed by atoms with Crippen LogP contribution in [-0.2, 0) is 4.79 Å². The highest BCUT2D eigenvalue weighted by Gasteiger charge is 2.24. The maximum absolute atomic E-state index is 10.7. The molecule has 1 fully saturated rings. The summed E-state index contributed by atoms with van der Waals surface area (Å²) in [4.78, 5) is 10.7. The fourth-order valence-electron chi connectivity index (χ4n) is 2.51. The van der Waals surface area contributed by atoms with Gasteiger partial charge in [-0.25, -0.2) is 0 Å².